The van der Waals surface area contributed by atoms with Crippen LogP contribution in [0.15, 0.2) is 12.1 Å². The lowest BCUT2D eigenvalue weighted by Crippen LogP contribution is -2.12. The van der Waals surface area contributed by atoms with Gasteiger partial charge in [0.25, 0.3) is 0 Å². The molecule has 2 heterocycles. The zero-order valence-electron chi connectivity index (χ0n) is 10.7. The molecule has 0 saturated carbocycles. The third kappa shape index (κ3) is 2.26. The smallest absolute Gasteiger partial charge is 0.162 e. The normalized spacial score (nSPS) is 19.8. The van der Waals surface area contributed by atoms with Crippen molar-refractivity contribution in [3.63, 3.8) is 0 Å². The van der Waals surface area contributed by atoms with E-state index in [1.807, 2.05) is 0 Å². The van der Waals surface area contributed by atoms with Crippen molar-refractivity contribution < 1.29 is 13.9 Å². The number of nitrogens with one attached hydrogen (secondary N) is 1. The minimum absolute atomic E-state index is 0.0796. The number of nitrogens with zero attached hydrogens (tertiary/aromatic N) is 1. The van der Waals surface area contributed by atoms with E-state index in [1.54, 1.807) is 0 Å². The number of carbonyl (C=O) groups is 1. The van der Waals surface area contributed by atoms with Crippen LogP contribution >= 0.6 is 0 Å². The quantitative estimate of drug-likeness (QED) is 0.846. The molecule has 100 valence electrons. The zero-order chi connectivity index (χ0) is 13.4. The first-order valence-corrected chi connectivity index (χ1v) is 6.47. The van der Waals surface area contributed by atoms with E-state index in [2.05, 4.69) is 9.97 Å². The summed E-state index contributed by atoms with van der Waals surface area (Å²) in [6.07, 6.45) is 2.97. The highest BCUT2D eigenvalue weighted by Crippen LogP contribution is 2.28. The fourth-order valence-electron chi connectivity index (χ4n) is 2.48. The Labute approximate surface area is 110 Å². The molecule has 1 aromatic carbocycles. The van der Waals surface area contributed by atoms with Crippen molar-refractivity contribution >= 4 is 16.8 Å². The molecule has 1 aliphatic rings. The molecule has 2 aromatic rings. The first-order valence-electron chi connectivity index (χ1n) is 6.47. The fourth-order valence-corrected chi connectivity index (χ4v) is 2.48. The van der Waals surface area contributed by atoms with E-state index >= 15 is 0 Å². The summed E-state index contributed by atoms with van der Waals surface area (Å²) in [5.41, 5.74) is 1.39. The minimum atomic E-state index is -0.433. The highest BCUT2D eigenvalue weighted by Gasteiger charge is 2.21. The number of aromatic amines is 1. The van der Waals surface area contributed by atoms with Gasteiger partial charge in [-0.15, -0.1) is 0 Å². The van der Waals surface area contributed by atoms with Gasteiger partial charge >= 0.3 is 0 Å². The summed E-state index contributed by atoms with van der Waals surface area (Å²) in [5, 5.41) is 0. The summed E-state index contributed by atoms with van der Waals surface area (Å²) in [6.45, 7) is 2.13. The molecule has 0 spiro atoms. The molecule has 4 nitrogen and oxygen atoms in total. The number of aromatic nitrogens is 2. The predicted octanol–water partition coefficient (Wildman–Crippen LogP) is 3.15. The molecule has 1 aromatic heterocycles. The third-order valence-electron chi connectivity index (χ3n) is 3.43. The Bertz CT molecular complexity index is 630. The number of carbonyl (C=O) groups excluding carboxylic acids is 1. The van der Waals surface area contributed by atoms with Crippen LogP contribution in [0.3, 0.4) is 0 Å². The molecule has 0 amide bonds. The van der Waals surface area contributed by atoms with Crippen molar-refractivity contribution in [1.29, 1.82) is 0 Å². The molecule has 3 rings (SSSR count). The lowest BCUT2D eigenvalue weighted by molar-refractivity contribution is 0.0101. The molecule has 0 radical (unpaired) electrons. The fraction of sp³-hybridized carbons (Fsp3) is 0.429. The van der Waals surface area contributed by atoms with Gasteiger partial charge in [0.15, 0.2) is 5.78 Å². The number of H-pyrrole nitrogens is 1. The standard InChI is InChI=1S/C14H15FN2O2/c1-8(18)10-6-9(15)7-11-13(10)17-14(16-11)12-4-2-3-5-19-12/h6-7,12H,2-5H2,1H3,(H,16,17). The summed E-state index contributed by atoms with van der Waals surface area (Å²) in [6, 6.07) is 2.60. The van der Waals surface area contributed by atoms with E-state index in [4.69, 9.17) is 4.74 Å². The number of halogens is 1. The molecule has 19 heavy (non-hydrogen) atoms. The van der Waals surface area contributed by atoms with Gasteiger partial charge in [-0.25, -0.2) is 9.37 Å². The van der Waals surface area contributed by atoms with E-state index in [9.17, 15) is 9.18 Å². The number of hydrogen-bond donors (Lipinski definition) is 1. The van der Waals surface area contributed by atoms with Crippen molar-refractivity contribution in [3.05, 3.63) is 29.3 Å². The number of fused-ring (bicyclic) bond motifs is 1. The first-order chi connectivity index (χ1) is 9.15. The Morgan fingerprint density at radius 3 is 3.00 bits per heavy atom. The topological polar surface area (TPSA) is 55.0 Å². The Hall–Kier alpha value is -1.75. The van der Waals surface area contributed by atoms with Crippen LogP contribution in [0, 0.1) is 5.82 Å². The summed E-state index contributed by atoms with van der Waals surface area (Å²) in [7, 11) is 0. The maximum absolute atomic E-state index is 13.5. The van der Waals surface area contributed by atoms with Gasteiger partial charge in [0.2, 0.25) is 0 Å². The van der Waals surface area contributed by atoms with Crippen LogP contribution in [0.25, 0.3) is 11.0 Å². The highest BCUT2D eigenvalue weighted by atomic mass is 19.1. The van der Waals surface area contributed by atoms with E-state index in [0.717, 1.165) is 25.9 Å². The van der Waals surface area contributed by atoms with Gasteiger partial charge in [-0.05, 0) is 38.3 Å². The second-order valence-corrected chi connectivity index (χ2v) is 4.88. The van der Waals surface area contributed by atoms with Gasteiger partial charge in [-0.2, -0.15) is 0 Å². The van der Waals surface area contributed by atoms with Gasteiger partial charge in [0, 0.05) is 12.2 Å². The van der Waals surface area contributed by atoms with Gasteiger partial charge in [-0.3, -0.25) is 4.79 Å². The van der Waals surface area contributed by atoms with Crippen LogP contribution in [-0.2, 0) is 4.74 Å². The average Bonchev–Trinajstić information content (AvgIpc) is 2.82. The van der Waals surface area contributed by atoms with Crippen molar-refractivity contribution in [1.82, 2.24) is 9.97 Å². The molecule has 0 bridgehead atoms. The number of ketones is 1. The van der Waals surface area contributed by atoms with Crippen LogP contribution in [-0.4, -0.2) is 22.4 Å². The maximum Gasteiger partial charge on any atom is 0.162 e. The van der Waals surface area contributed by atoms with E-state index in [1.165, 1.54) is 19.1 Å². The van der Waals surface area contributed by atoms with Crippen LogP contribution in [0.2, 0.25) is 0 Å². The molecule has 1 aliphatic heterocycles. The Balaban J connectivity index is 2.09. The molecular weight excluding hydrogens is 247 g/mol. The van der Waals surface area contributed by atoms with Gasteiger partial charge in [0.05, 0.1) is 11.0 Å². The average molecular weight is 262 g/mol. The summed E-state index contributed by atoms with van der Waals surface area (Å²) in [4.78, 5) is 19.0. The number of imidazole rings is 1. The molecule has 1 fully saturated rings. The van der Waals surface area contributed by atoms with Crippen LogP contribution in [0.1, 0.15) is 48.5 Å². The molecular formula is C14H15FN2O2. The zero-order valence-corrected chi connectivity index (χ0v) is 10.7. The van der Waals surface area contributed by atoms with Gasteiger partial charge in [-0.1, -0.05) is 0 Å². The number of rotatable bonds is 2. The van der Waals surface area contributed by atoms with Crippen LogP contribution < -0.4 is 0 Å². The second kappa shape index (κ2) is 4.74. The molecule has 1 N–H and O–H groups in total. The van der Waals surface area contributed by atoms with Crippen molar-refractivity contribution in [2.45, 2.75) is 32.3 Å². The number of Topliss-reactive ketones (excluding diaryl/α,β-unsaturated/α-hetero) is 1. The second-order valence-electron chi connectivity index (χ2n) is 4.88. The molecule has 1 saturated heterocycles. The van der Waals surface area contributed by atoms with Gasteiger partial charge in [0.1, 0.15) is 17.7 Å². The van der Waals surface area contributed by atoms with Crippen LogP contribution in [0.5, 0.6) is 0 Å². The Kier molecular flexibility index (Phi) is 3.06. The van der Waals surface area contributed by atoms with E-state index < -0.39 is 5.82 Å². The van der Waals surface area contributed by atoms with Crippen LogP contribution in [0.4, 0.5) is 4.39 Å². The maximum atomic E-state index is 13.5. The van der Waals surface area contributed by atoms with Gasteiger partial charge < -0.3 is 9.72 Å². The summed E-state index contributed by atoms with van der Waals surface area (Å²) in [5.74, 6) is 0.0624. The minimum Gasteiger partial charge on any atom is -0.370 e. The monoisotopic (exact) mass is 262 g/mol. The van der Waals surface area contributed by atoms with Crippen molar-refractivity contribution in [2.24, 2.45) is 0 Å². The summed E-state index contributed by atoms with van der Waals surface area (Å²) >= 11 is 0. The first kappa shape index (κ1) is 12.3. The number of ether oxygens (including phenoxy) is 1. The van der Waals surface area contributed by atoms with E-state index in [-0.39, 0.29) is 11.9 Å². The molecule has 1 unspecified atom stereocenters. The Morgan fingerprint density at radius 2 is 2.32 bits per heavy atom. The van der Waals surface area contributed by atoms with Crippen molar-refractivity contribution in [2.75, 3.05) is 6.61 Å². The highest BCUT2D eigenvalue weighted by molar-refractivity contribution is 6.04. The predicted molar refractivity (Wildman–Crippen MR) is 68.6 cm³/mol. The SMILES string of the molecule is CC(=O)c1cc(F)cc2[nH]c(C3CCCCO3)nc12. The molecule has 0 aliphatic carbocycles. The van der Waals surface area contributed by atoms with Crippen molar-refractivity contribution in [3.8, 4) is 0 Å². The van der Waals surface area contributed by atoms with E-state index in [0.29, 0.717) is 22.4 Å². The molecule has 5 heteroatoms. The number of benzene rings is 1. The lowest BCUT2D eigenvalue weighted by Gasteiger charge is -2.20. The summed E-state index contributed by atoms with van der Waals surface area (Å²) < 4.78 is 19.1. The number of hydrogen-bond acceptors (Lipinski definition) is 3. The third-order valence-corrected chi connectivity index (χ3v) is 3.43. The Morgan fingerprint density at radius 1 is 1.47 bits per heavy atom. The molecule has 1 atom stereocenters. The largest absolute Gasteiger partial charge is 0.370 e. The lowest BCUT2D eigenvalue weighted by atomic mass is 10.1.